The highest BCUT2D eigenvalue weighted by atomic mass is 16.2. The molecule has 5 heterocycles. The second kappa shape index (κ2) is 7.37. The standard InChI is InChI=1S/C26H25N7O3/c1-26(2,3)21-10-19(30(4)29-21)23(34)31-13-14-9-18(31)22-24(35)33(25(36)32(14)22)20-12-28-17(11-27)15-7-5-6-8-16(15)20/h5-8,10,12,14,18,22H,9,13H2,1-4H3/t14?,18?,22-/m1/s1. The maximum absolute atomic E-state index is 13.7. The minimum absolute atomic E-state index is 0.183. The van der Waals surface area contributed by atoms with Crippen molar-refractivity contribution in [3.63, 3.8) is 0 Å². The zero-order valence-corrected chi connectivity index (χ0v) is 20.5. The summed E-state index contributed by atoms with van der Waals surface area (Å²) in [6.07, 6.45) is 1.98. The first kappa shape index (κ1) is 22.2. The molecule has 2 bridgehead atoms. The normalized spacial score (nSPS) is 23.1. The average molecular weight is 484 g/mol. The van der Waals surface area contributed by atoms with Gasteiger partial charge >= 0.3 is 6.03 Å². The molecule has 2 aromatic heterocycles. The number of urea groups is 1. The summed E-state index contributed by atoms with van der Waals surface area (Å²) >= 11 is 0. The first-order chi connectivity index (χ1) is 17.1. The topological polar surface area (TPSA) is 115 Å². The van der Waals surface area contributed by atoms with Crippen molar-refractivity contribution >= 4 is 34.3 Å². The van der Waals surface area contributed by atoms with Gasteiger partial charge in [0.15, 0.2) is 0 Å². The van der Waals surface area contributed by atoms with Crippen LogP contribution in [0.3, 0.4) is 0 Å². The first-order valence-electron chi connectivity index (χ1n) is 11.9. The molecule has 3 aromatic rings. The van der Waals surface area contributed by atoms with Crippen LogP contribution in [0.2, 0.25) is 0 Å². The van der Waals surface area contributed by atoms with Crippen molar-refractivity contribution in [2.75, 3.05) is 11.4 Å². The number of hydrogen-bond donors (Lipinski definition) is 0. The monoisotopic (exact) mass is 483 g/mol. The Bertz CT molecular complexity index is 1510. The van der Waals surface area contributed by atoms with Crippen LogP contribution in [0.4, 0.5) is 10.5 Å². The van der Waals surface area contributed by atoms with E-state index >= 15 is 0 Å². The lowest BCUT2D eigenvalue weighted by Gasteiger charge is -2.34. The number of rotatable bonds is 2. The van der Waals surface area contributed by atoms with Crippen LogP contribution in [0.25, 0.3) is 10.8 Å². The molecule has 0 N–H and O–H groups in total. The van der Waals surface area contributed by atoms with Gasteiger partial charge < -0.3 is 9.80 Å². The van der Waals surface area contributed by atoms with Crippen molar-refractivity contribution < 1.29 is 14.4 Å². The number of likely N-dealkylation sites (tertiary alicyclic amines) is 1. The third-order valence-electron chi connectivity index (χ3n) is 7.51. The van der Waals surface area contributed by atoms with E-state index in [-0.39, 0.29) is 29.0 Å². The largest absolute Gasteiger partial charge is 0.332 e. The van der Waals surface area contributed by atoms with Crippen molar-refractivity contribution in [2.24, 2.45) is 7.05 Å². The lowest BCUT2D eigenvalue weighted by Crippen LogP contribution is -2.55. The molecule has 0 spiro atoms. The summed E-state index contributed by atoms with van der Waals surface area (Å²) in [5, 5.41) is 15.1. The molecule has 10 nitrogen and oxygen atoms in total. The van der Waals surface area contributed by atoms with Gasteiger partial charge in [-0.2, -0.15) is 10.4 Å². The molecule has 3 aliphatic heterocycles. The van der Waals surface area contributed by atoms with Gasteiger partial charge in [-0.05, 0) is 12.5 Å². The number of carbonyl (C=O) groups is 3. The lowest BCUT2D eigenvalue weighted by atomic mass is 9.92. The van der Waals surface area contributed by atoms with E-state index in [1.54, 1.807) is 45.8 Å². The number of anilines is 1. The Labute approximate surface area is 207 Å². The fourth-order valence-corrected chi connectivity index (χ4v) is 5.74. The number of nitriles is 1. The predicted molar refractivity (Wildman–Crippen MR) is 130 cm³/mol. The number of hydrogen-bond acceptors (Lipinski definition) is 6. The molecule has 3 aliphatic rings. The summed E-state index contributed by atoms with van der Waals surface area (Å²) < 4.78 is 1.59. The van der Waals surface area contributed by atoms with E-state index in [4.69, 9.17) is 0 Å². The number of amides is 4. The minimum atomic E-state index is -0.745. The summed E-state index contributed by atoms with van der Waals surface area (Å²) in [7, 11) is 1.75. The minimum Gasteiger partial charge on any atom is -0.330 e. The number of benzene rings is 1. The molecule has 182 valence electrons. The summed E-state index contributed by atoms with van der Waals surface area (Å²) in [5.41, 5.74) is 1.67. The third kappa shape index (κ3) is 2.92. The molecule has 4 amide bonds. The number of aromatic nitrogens is 3. The van der Waals surface area contributed by atoms with Crippen LogP contribution in [-0.4, -0.2) is 67.1 Å². The van der Waals surface area contributed by atoms with Gasteiger partial charge in [-0.1, -0.05) is 45.0 Å². The second-order valence-corrected chi connectivity index (χ2v) is 10.7. The van der Waals surface area contributed by atoms with Crippen molar-refractivity contribution in [1.29, 1.82) is 5.26 Å². The van der Waals surface area contributed by atoms with Gasteiger partial charge in [-0.3, -0.25) is 14.3 Å². The number of nitrogens with zero attached hydrogens (tertiary/aromatic N) is 7. The van der Waals surface area contributed by atoms with Gasteiger partial charge in [0.1, 0.15) is 23.5 Å². The molecule has 3 saturated heterocycles. The van der Waals surface area contributed by atoms with Gasteiger partial charge in [0, 0.05) is 29.8 Å². The molecule has 2 unspecified atom stereocenters. The molecule has 0 saturated carbocycles. The Morgan fingerprint density at radius 1 is 1.17 bits per heavy atom. The number of aryl methyl sites for hydroxylation is 1. The molecule has 36 heavy (non-hydrogen) atoms. The number of carbonyl (C=O) groups excluding carboxylic acids is 3. The Morgan fingerprint density at radius 2 is 1.89 bits per heavy atom. The van der Waals surface area contributed by atoms with Crippen LogP contribution >= 0.6 is 0 Å². The van der Waals surface area contributed by atoms with E-state index in [1.165, 1.54) is 6.20 Å². The van der Waals surface area contributed by atoms with Crippen molar-refractivity contribution in [3.05, 3.63) is 53.6 Å². The number of pyridine rings is 1. The third-order valence-corrected chi connectivity index (χ3v) is 7.51. The molecule has 6 rings (SSSR count). The fourth-order valence-electron chi connectivity index (χ4n) is 5.74. The average Bonchev–Trinajstić information content (AvgIpc) is 3.60. The molecular weight excluding hydrogens is 458 g/mol. The predicted octanol–water partition coefficient (Wildman–Crippen LogP) is 2.57. The Kier molecular flexibility index (Phi) is 4.55. The maximum atomic E-state index is 13.7. The van der Waals surface area contributed by atoms with E-state index in [0.29, 0.717) is 35.1 Å². The molecule has 0 aliphatic carbocycles. The number of imide groups is 1. The lowest BCUT2D eigenvalue weighted by molar-refractivity contribution is -0.121. The SMILES string of the molecule is Cn1nc(C(C)(C)C)cc1C(=O)N1CC2CC1[C@@H]1C(=O)N(c3cnc(C#N)c4ccccc34)C(=O)N21. The summed E-state index contributed by atoms with van der Waals surface area (Å²) in [6, 6.07) is 9.18. The second-order valence-electron chi connectivity index (χ2n) is 10.7. The van der Waals surface area contributed by atoms with E-state index in [1.807, 2.05) is 26.8 Å². The summed E-state index contributed by atoms with van der Waals surface area (Å²) in [6.45, 7) is 6.49. The molecule has 3 atom stereocenters. The highest BCUT2D eigenvalue weighted by Crippen LogP contribution is 2.44. The Hall–Kier alpha value is -4.26. The van der Waals surface area contributed by atoms with Gasteiger partial charge in [0.05, 0.1) is 29.7 Å². The van der Waals surface area contributed by atoms with E-state index in [9.17, 15) is 19.6 Å². The number of piperazine rings is 1. The summed E-state index contributed by atoms with van der Waals surface area (Å²) in [5.74, 6) is -0.557. The van der Waals surface area contributed by atoms with Crippen LogP contribution in [0.5, 0.6) is 0 Å². The zero-order valence-electron chi connectivity index (χ0n) is 20.5. The fraction of sp³-hybridized carbons (Fsp3) is 0.385. The molecule has 3 fully saturated rings. The molecule has 10 heteroatoms. The van der Waals surface area contributed by atoms with Gasteiger partial charge in [0.2, 0.25) is 0 Å². The first-order valence-corrected chi connectivity index (χ1v) is 11.9. The highest BCUT2D eigenvalue weighted by molar-refractivity contribution is 6.25. The van der Waals surface area contributed by atoms with Crippen molar-refractivity contribution in [1.82, 2.24) is 24.6 Å². The van der Waals surface area contributed by atoms with Crippen LogP contribution in [0, 0.1) is 11.3 Å². The smallest absolute Gasteiger partial charge is 0.330 e. The van der Waals surface area contributed by atoms with Gasteiger partial charge in [0.25, 0.3) is 11.8 Å². The van der Waals surface area contributed by atoms with Crippen LogP contribution < -0.4 is 4.90 Å². The van der Waals surface area contributed by atoms with E-state index in [0.717, 1.165) is 10.6 Å². The van der Waals surface area contributed by atoms with Crippen molar-refractivity contribution in [3.8, 4) is 6.07 Å². The Balaban J connectivity index is 1.34. The van der Waals surface area contributed by atoms with E-state index < -0.39 is 18.1 Å². The van der Waals surface area contributed by atoms with Gasteiger partial charge in [-0.15, -0.1) is 0 Å². The molecule has 0 radical (unpaired) electrons. The van der Waals surface area contributed by atoms with Crippen LogP contribution in [0.15, 0.2) is 36.5 Å². The summed E-state index contributed by atoms with van der Waals surface area (Å²) in [4.78, 5) is 49.5. The molecular formula is C26H25N7O3. The molecule has 1 aromatic carbocycles. The maximum Gasteiger partial charge on any atom is 0.332 e. The van der Waals surface area contributed by atoms with Crippen LogP contribution in [0.1, 0.15) is 49.1 Å². The quantitative estimate of drug-likeness (QED) is 0.518. The highest BCUT2D eigenvalue weighted by Gasteiger charge is 2.63. The van der Waals surface area contributed by atoms with Gasteiger partial charge in [-0.25, -0.2) is 14.7 Å². The number of fused-ring (bicyclic) bond motifs is 6. The Morgan fingerprint density at radius 3 is 2.56 bits per heavy atom. The zero-order chi connectivity index (χ0) is 25.5. The van der Waals surface area contributed by atoms with Crippen LogP contribution in [-0.2, 0) is 17.3 Å². The van der Waals surface area contributed by atoms with E-state index in [2.05, 4.69) is 16.2 Å². The van der Waals surface area contributed by atoms with Crippen molar-refractivity contribution in [2.45, 2.75) is 50.7 Å².